The highest BCUT2D eigenvalue weighted by Crippen LogP contribution is 2.29. The third-order valence-corrected chi connectivity index (χ3v) is 3.34. The maximum absolute atomic E-state index is 11.2. The predicted molar refractivity (Wildman–Crippen MR) is 76.6 cm³/mol. The summed E-state index contributed by atoms with van der Waals surface area (Å²) in [7, 11) is 0. The summed E-state index contributed by atoms with van der Waals surface area (Å²) in [5, 5.41) is 11.2. The quantitative estimate of drug-likeness (QED) is 0.597. The molecule has 18 heavy (non-hydrogen) atoms. The average molecular weight is 375 g/mol. The van der Waals surface area contributed by atoms with Gasteiger partial charge >= 0.3 is 5.82 Å². The zero-order valence-corrected chi connectivity index (χ0v) is 12.6. The van der Waals surface area contributed by atoms with E-state index in [0.717, 1.165) is 10.9 Å². The zero-order chi connectivity index (χ0) is 13.3. The van der Waals surface area contributed by atoms with Crippen molar-refractivity contribution in [2.45, 2.75) is 13.3 Å². The van der Waals surface area contributed by atoms with Crippen LogP contribution >= 0.6 is 31.9 Å². The van der Waals surface area contributed by atoms with Gasteiger partial charge in [-0.3, -0.25) is 0 Å². The van der Waals surface area contributed by atoms with Gasteiger partial charge in [-0.2, -0.15) is 9.38 Å². The molecule has 0 N–H and O–H groups in total. The lowest BCUT2D eigenvalue weighted by atomic mass is 10.3. The topological polar surface area (TPSA) is 60.4 Å². The molecule has 0 bridgehead atoms. The van der Waals surface area contributed by atoms with Gasteiger partial charge in [0.25, 0.3) is 0 Å². The Balaban J connectivity index is 2.79. The highest BCUT2D eigenvalue weighted by molar-refractivity contribution is 9.11. The fraction of sp³-hybridized carbons (Fsp3) is 0.182. The van der Waals surface area contributed by atoms with Crippen LogP contribution in [-0.4, -0.2) is 14.3 Å². The first-order chi connectivity index (χ1) is 8.54. The van der Waals surface area contributed by atoms with Crippen molar-refractivity contribution >= 4 is 49.4 Å². The number of aromatic nitrogens is 2. The van der Waals surface area contributed by atoms with E-state index in [4.69, 9.17) is 0 Å². The summed E-state index contributed by atoms with van der Waals surface area (Å²) in [4.78, 5) is 15.0. The zero-order valence-electron chi connectivity index (χ0n) is 9.43. The van der Waals surface area contributed by atoms with Crippen molar-refractivity contribution in [3.8, 4) is 0 Å². The molecule has 0 atom stereocenters. The summed E-state index contributed by atoms with van der Waals surface area (Å²) in [6.45, 7) is 1.96. The number of allylic oxidation sites excluding steroid dienone is 1. The molecule has 2 aromatic rings. The third kappa shape index (κ3) is 2.32. The first kappa shape index (κ1) is 13.2. The van der Waals surface area contributed by atoms with E-state index in [9.17, 15) is 10.1 Å². The maximum Gasteiger partial charge on any atom is 0.355 e. The molecule has 0 radical (unpaired) electrons. The van der Waals surface area contributed by atoms with Gasteiger partial charge in [0.1, 0.15) is 6.20 Å². The first-order valence-electron chi connectivity index (χ1n) is 5.22. The van der Waals surface area contributed by atoms with E-state index in [1.807, 2.05) is 13.0 Å². The molecule has 94 valence electrons. The Hall–Kier alpha value is -1.21. The Labute approximate surface area is 120 Å². The van der Waals surface area contributed by atoms with E-state index < -0.39 is 4.92 Å². The predicted octanol–water partition coefficient (Wildman–Crippen LogP) is 4.19. The normalized spacial score (nSPS) is 11.5. The van der Waals surface area contributed by atoms with Gasteiger partial charge < -0.3 is 10.1 Å². The fourth-order valence-corrected chi connectivity index (χ4v) is 2.87. The summed E-state index contributed by atoms with van der Waals surface area (Å²) in [5.41, 5.74) is 0.890. The lowest BCUT2D eigenvalue weighted by Crippen LogP contribution is -1.95. The highest BCUT2D eigenvalue weighted by atomic mass is 79.9. The number of nitrogens with zero attached hydrogens (tertiary/aromatic N) is 3. The van der Waals surface area contributed by atoms with E-state index in [-0.39, 0.29) is 5.82 Å². The van der Waals surface area contributed by atoms with E-state index in [1.165, 1.54) is 4.40 Å². The van der Waals surface area contributed by atoms with Gasteiger partial charge in [0.05, 0.1) is 8.95 Å². The molecule has 0 saturated carbocycles. The van der Waals surface area contributed by atoms with E-state index in [1.54, 1.807) is 18.3 Å². The summed E-state index contributed by atoms with van der Waals surface area (Å²) in [6.07, 6.45) is 5.95. The van der Waals surface area contributed by atoms with Crippen LogP contribution in [0.4, 0.5) is 5.82 Å². The van der Waals surface area contributed by atoms with Crippen LogP contribution < -0.4 is 0 Å². The Kier molecular flexibility index (Phi) is 3.82. The molecule has 0 unspecified atom stereocenters. The van der Waals surface area contributed by atoms with Crippen LogP contribution in [0.1, 0.15) is 19.0 Å². The Bertz CT molecular complexity index is 649. The van der Waals surface area contributed by atoms with Gasteiger partial charge in [0.2, 0.25) is 5.65 Å². The molecule has 5 nitrogen and oxygen atoms in total. The van der Waals surface area contributed by atoms with Gasteiger partial charge in [-0.25, -0.2) is 0 Å². The SMILES string of the molecule is CC/C=C/c1nc2c(Br)cc(Br)cn2c1[N+](=O)[O-]. The number of imidazole rings is 1. The molecular weight excluding hydrogens is 366 g/mol. The minimum absolute atomic E-state index is 0.0308. The minimum atomic E-state index is -0.422. The van der Waals surface area contributed by atoms with Crippen LogP contribution in [0.2, 0.25) is 0 Å². The van der Waals surface area contributed by atoms with E-state index in [2.05, 4.69) is 36.8 Å². The summed E-state index contributed by atoms with van der Waals surface area (Å²) in [5.74, 6) is -0.0308. The highest BCUT2D eigenvalue weighted by Gasteiger charge is 2.22. The summed E-state index contributed by atoms with van der Waals surface area (Å²) >= 11 is 6.66. The molecule has 0 aliphatic carbocycles. The number of nitro groups is 1. The smallest absolute Gasteiger partial charge is 0.355 e. The number of pyridine rings is 1. The number of hydrogen-bond acceptors (Lipinski definition) is 3. The molecule has 0 spiro atoms. The molecule has 0 aliphatic heterocycles. The third-order valence-electron chi connectivity index (χ3n) is 2.33. The largest absolute Gasteiger partial charge is 0.358 e. The van der Waals surface area contributed by atoms with Crippen molar-refractivity contribution < 1.29 is 4.92 Å². The van der Waals surface area contributed by atoms with Gasteiger partial charge in [0, 0.05) is 0 Å². The van der Waals surface area contributed by atoms with Crippen LogP contribution in [-0.2, 0) is 0 Å². The second-order valence-electron chi connectivity index (χ2n) is 3.59. The van der Waals surface area contributed by atoms with Crippen molar-refractivity contribution in [3.63, 3.8) is 0 Å². The van der Waals surface area contributed by atoms with Gasteiger partial charge in [-0.1, -0.05) is 13.0 Å². The van der Waals surface area contributed by atoms with Gasteiger partial charge in [0.15, 0.2) is 5.69 Å². The summed E-state index contributed by atoms with van der Waals surface area (Å²) in [6, 6.07) is 1.80. The molecule has 0 saturated heterocycles. The lowest BCUT2D eigenvalue weighted by Gasteiger charge is -1.96. The van der Waals surface area contributed by atoms with Crippen molar-refractivity contribution in [2.24, 2.45) is 0 Å². The number of hydrogen-bond donors (Lipinski definition) is 0. The van der Waals surface area contributed by atoms with Crippen molar-refractivity contribution in [3.05, 3.63) is 43.1 Å². The molecule has 7 heteroatoms. The lowest BCUT2D eigenvalue weighted by molar-refractivity contribution is -0.390. The second kappa shape index (κ2) is 5.19. The number of fused-ring (bicyclic) bond motifs is 1. The molecule has 0 fully saturated rings. The Morgan fingerprint density at radius 3 is 2.89 bits per heavy atom. The van der Waals surface area contributed by atoms with Gasteiger partial charge in [-0.05, 0) is 55.3 Å². The molecule has 0 aromatic carbocycles. The average Bonchev–Trinajstić information content (AvgIpc) is 2.64. The molecule has 0 aliphatic rings. The first-order valence-corrected chi connectivity index (χ1v) is 6.81. The number of halogens is 2. The Morgan fingerprint density at radius 2 is 2.28 bits per heavy atom. The van der Waals surface area contributed by atoms with Crippen molar-refractivity contribution in [2.75, 3.05) is 0 Å². The molecule has 0 amide bonds. The van der Waals surface area contributed by atoms with Crippen LogP contribution in [0.3, 0.4) is 0 Å². The molecular formula is C11H9Br2N3O2. The standard InChI is InChI=1S/C11H9Br2N3O2/c1-2-3-4-9-11(16(17)18)15-6-7(12)5-8(13)10(15)14-9/h3-6H,2H2,1H3/b4-3+. The van der Waals surface area contributed by atoms with E-state index >= 15 is 0 Å². The Morgan fingerprint density at radius 1 is 1.56 bits per heavy atom. The molecule has 2 aromatic heterocycles. The molecule has 2 rings (SSSR count). The van der Waals surface area contributed by atoms with Crippen LogP contribution in [0.5, 0.6) is 0 Å². The van der Waals surface area contributed by atoms with Crippen molar-refractivity contribution in [1.82, 2.24) is 9.38 Å². The second-order valence-corrected chi connectivity index (χ2v) is 5.36. The van der Waals surface area contributed by atoms with Crippen LogP contribution in [0.15, 0.2) is 27.3 Å². The monoisotopic (exact) mass is 373 g/mol. The maximum atomic E-state index is 11.2. The van der Waals surface area contributed by atoms with Crippen molar-refractivity contribution in [1.29, 1.82) is 0 Å². The van der Waals surface area contributed by atoms with E-state index in [0.29, 0.717) is 15.8 Å². The molecule has 2 heterocycles. The minimum Gasteiger partial charge on any atom is -0.358 e. The number of rotatable bonds is 3. The van der Waals surface area contributed by atoms with Crippen LogP contribution in [0, 0.1) is 10.1 Å². The van der Waals surface area contributed by atoms with Gasteiger partial charge in [-0.15, -0.1) is 0 Å². The fourth-order valence-electron chi connectivity index (χ4n) is 1.60. The van der Waals surface area contributed by atoms with Crippen LogP contribution in [0.25, 0.3) is 11.7 Å². The summed E-state index contributed by atoms with van der Waals surface area (Å²) < 4.78 is 2.91.